The van der Waals surface area contributed by atoms with Gasteiger partial charge in [0.05, 0.1) is 15.7 Å². The van der Waals surface area contributed by atoms with Crippen LogP contribution in [0.5, 0.6) is 0 Å². The van der Waals surface area contributed by atoms with Crippen molar-refractivity contribution < 1.29 is 0 Å². The van der Waals surface area contributed by atoms with Gasteiger partial charge in [-0.05, 0) is 30.7 Å². The molecule has 0 aromatic heterocycles. The molecule has 0 saturated carbocycles. The average Bonchev–Trinajstić information content (AvgIpc) is 2.25. The Morgan fingerprint density at radius 3 is 2.60 bits per heavy atom. The Hall–Kier alpha value is -0.0500. The second-order valence-electron chi connectivity index (χ2n) is 3.66. The average molecular weight is 262 g/mol. The number of halogens is 2. The van der Waals surface area contributed by atoms with Gasteiger partial charge >= 0.3 is 0 Å². The van der Waals surface area contributed by atoms with Gasteiger partial charge in [0.2, 0.25) is 0 Å². The predicted octanol–water partition coefficient (Wildman–Crippen LogP) is 4.30. The maximum absolute atomic E-state index is 6.10. The highest BCUT2D eigenvalue weighted by Gasteiger charge is 2.15. The molecule has 1 atom stereocenters. The maximum atomic E-state index is 6.10. The van der Waals surface area contributed by atoms with E-state index in [2.05, 4.69) is 5.32 Å². The molecule has 2 rings (SSSR count). The smallest absolute Gasteiger partial charge is 0.0721 e. The summed E-state index contributed by atoms with van der Waals surface area (Å²) in [6, 6.07) is 6.10. The van der Waals surface area contributed by atoms with E-state index in [9.17, 15) is 0 Å². The van der Waals surface area contributed by atoms with Crippen LogP contribution in [0.25, 0.3) is 0 Å². The Labute approximate surface area is 105 Å². The Balaban J connectivity index is 2.09. The molecule has 1 nitrogen and oxygen atoms in total. The van der Waals surface area contributed by atoms with E-state index in [0.717, 1.165) is 11.4 Å². The van der Waals surface area contributed by atoms with Crippen molar-refractivity contribution in [2.24, 2.45) is 0 Å². The molecule has 1 heterocycles. The summed E-state index contributed by atoms with van der Waals surface area (Å²) >= 11 is 14.2. The van der Waals surface area contributed by atoms with E-state index < -0.39 is 0 Å². The molecule has 1 aromatic carbocycles. The van der Waals surface area contributed by atoms with Gasteiger partial charge in [-0.3, -0.25) is 0 Å². The molecule has 4 heteroatoms. The molecule has 1 aromatic rings. The third-order valence-electron chi connectivity index (χ3n) is 2.47. The third-order valence-corrected chi connectivity index (χ3v) is 4.32. The van der Waals surface area contributed by atoms with Crippen LogP contribution in [0.15, 0.2) is 18.2 Å². The van der Waals surface area contributed by atoms with Crippen LogP contribution in [0.1, 0.15) is 12.8 Å². The zero-order chi connectivity index (χ0) is 10.7. The molecule has 1 aliphatic heterocycles. The number of para-hydroxylation sites is 1. The highest BCUT2D eigenvalue weighted by atomic mass is 35.5. The summed E-state index contributed by atoms with van der Waals surface area (Å²) in [7, 11) is 0. The monoisotopic (exact) mass is 261 g/mol. The van der Waals surface area contributed by atoms with E-state index in [-0.39, 0.29) is 0 Å². The number of rotatable bonds is 2. The van der Waals surface area contributed by atoms with Gasteiger partial charge < -0.3 is 5.32 Å². The lowest BCUT2D eigenvalue weighted by molar-refractivity contribution is 0.685. The number of hydrogen-bond donors (Lipinski definition) is 1. The molecule has 1 saturated heterocycles. The number of anilines is 1. The fourth-order valence-corrected chi connectivity index (χ4v) is 3.27. The van der Waals surface area contributed by atoms with Gasteiger partial charge in [-0.2, -0.15) is 11.8 Å². The molecular weight excluding hydrogens is 249 g/mol. The number of benzene rings is 1. The summed E-state index contributed by atoms with van der Waals surface area (Å²) in [5, 5.41) is 4.85. The minimum absolute atomic E-state index is 0.501. The highest BCUT2D eigenvalue weighted by Crippen LogP contribution is 2.32. The second-order valence-corrected chi connectivity index (χ2v) is 5.62. The molecular formula is C11H13Cl2NS. The highest BCUT2D eigenvalue weighted by molar-refractivity contribution is 7.99. The van der Waals surface area contributed by atoms with Crippen LogP contribution in [0.4, 0.5) is 5.69 Å². The van der Waals surface area contributed by atoms with Gasteiger partial charge in [0.1, 0.15) is 0 Å². The van der Waals surface area contributed by atoms with Crippen LogP contribution >= 0.6 is 35.0 Å². The van der Waals surface area contributed by atoms with Crippen LogP contribution in [0.3, 0.4) is 0 Å². The molecule has 1 N–H and O–H groups in total. The predicted molar refractivity (Wildman–Crippen MR) is 70.4 cm³/mol. The zero-order valence-corrected chi connectivity index (χ0v) is 10.6. The van der Waals surface area contributed by atoms with Gasteiger partial charge in [0, 0.05) is 11.8 Å². The van der Waals surface area contributed by atoms with Gasteiger partial charge in [-0.1, -0.05) is 29.3 Å². The molecule has 15 heavy (non-hydrogen) atoms. The van der Waals surface area contributed by atoms with Crippen molar-refractivity contribution in [1.82, 2.24) is 0 Å². The third kappa shape index (κ3) is 2.96. The summed E-state index contributed by atoms with van der Waals surface area (Å²) in [4.78, 5) is 0. The Morgan fingerprint density at radius 1 is 1.27 bits per heavy atom. The van der Waals surface area contributed by atoms with E-state index in [4.69, 9.17) is 23.2 Å². The van der Waals surface area contributed by atoms with E-state index in [1.807, 2.05) is 30.0 Å². The van der Waals surface area contributed by atoms with Crippen LogP contribution in [-0.2, 0) is 0 Å². The summed E-state index contributed by atoms with van der Waals surface area (Å²) in [5.74, 6) is 2.41. The standard InChI is InChI=1S/C11H13Cl2NS/c12-9-4-1-5-10(13)11(9)14-8-3-2-6-15-7-8/h1,4-5,8,14H,2-3,6-7H2. The normalized spacial score (nSPS) is 21.3. The maximum Gasteiger partial charge on any atom is 0.0721 e. The number of thioether (sulfide) groups is 1. The molecule has 0 aliphatic carbocycles. The minimum Gasteiger partial charge on any atom is -0.379 e. The van der Waals surface area contributed by atoms with E-state index in [0.29, 0.717) is 16.1 Å². The number of nitrogens with one attached hydrogen (secondary N) is 1. The van der Waals surface area contributed by atoms with Crippen LogP contribution < -0.4 is 5.32 Å². The van der Waals surface area contributed by atoms with Crippen molar-refractivity contribution in [3.63, 3.8) is 0 Å². The van der Waals surface area contributed by atoms with Crippen molar-refractivity contribution in [1.29, 1.82) is 0 Å². The fraction of sp³-hybridized carbons (Fsp3) is 0.455. The zero-order valence-electron chi connectivity index (χ0n) is 8.30. The van der Waals surface area contributed by atoms with E-state index >= 15 is 0 Å². The van der Waals surface area contributed by atoms with Crippen molar-refractivity contribution in [2.75, 3.05) is 16.8 Å². The molecule has 0 spiro atoms. The Kier molecular flexibility index (Phi) is 4.06. The summed E-state index contributed by atoms with van der Waals surface area (Å²) in [5.41, 5.74) is 0.883. The van der Waals surface area contributed by atoms with Crippen molar-refractivity contribution in [2.45, 2.75) is 18.9 Å². The summed E-state index contributed by atoms with van der Waals surface area (Å²) in [6.45, 7) is 0. The summed E-state index contributed by atoms with van der Waals surface area (Å²) < 4.78 is 0. The van der Waals surface area contributed by atoms with Crippen LogP contribution in [-0.4, -0.2) is 17.5 Å². The van der Waals surface area contributed by atoms with E-state index in [1.165, 1.54) is 18.6 Å². The molecule has 0 amide bonds. The van der Waals surface area contributed by atoms with Gasteiger partial charge in [-0.25, -0.2) is 0 Å². The Bertz CT molecular complexity index is 317. The van der Waals surface area contributed by atoms with Crippen molar-refractivity contribution in [3.8, 4) is 0 Å². The first-order valence-corrected chi connectivity index (χ1v) is 6.97. The number of hydrogen-bond acceptors (Lipinski definition) is 2. The van der Waals surface area contributed by atoms with Gasteiger partial charge in [0.25, 0.3) is 0 Å². The quantitative estimate of drug-likeness (QED) is 0.852. The molecule has 0 radical (unpaired) electrons. The lowest BCUT2D eigenvalue weighted by Crippen LogP contribution is -2.25. The lowest BCUT2D eigenvalue weighted by Gasteiger charge is -2.24. The SMILES string of the molecule is Clc1cccc(Cl)c1NC1CCCSC1. The molecule has 1 aliphatic rings. The van der Waals surface area contributed by atoms with Crippen molar-refractivity contribution in [3.05, 3.63) is 28.2 Å². The topological polar surface area (TPSA) is 12.0 Å². The first kappa shape index (κ1) is 11.4. The minimum atomic E-state index is 0.501. The van der Waals surface area contributed by atoms with Gasteiger partial charge in [-0.15, -0.1) is 0 Å². The molecule has 0 bridgehead atoms. The molecule has 1 unspecified atom stereocenters. The van der Waals surface area contributed by atoms with E-state index in [1.54, 1.807) is 0 Å². The van der Waals surface area contributed by atoms with Crippen molar-refractivity contribution >= 4 is 40.7 Å². The lowest BCUT2D eigenvalue weighted by atomic mass is 10.1. The van der Waals surface area contributed by atoms with Gasteiger partial charge in [0.15, 0.2) is 0 Å². The van der Waals surface area contributed by atoms with Crippen LogP contribution in [0.2, 0.25) is 10.0 Å². The Morgan fingerprint density at radius 2 is 2.00 bits per heavy atom. The first-order chi connectivity index (χ1) is 7.27. The first-order valence-electron chi connectivity index (χ1n) is 5.05. The largest absolute Gasteiger partial charge is 0.379 e. The second kappa shape index (κ2) is 5.33. The molecule has 1 fully saturated rings. The fourth-order valence-electron chi connectivity index (χ4n) is 1.69. The molecule has 82 valence electrons. The summed E-state index contributed by atoms with van der Waals surface area (Å²) in [6.07, 6.45) is 2.47. The van der Waals surface area contributed by atoms with Crippen LogP contribution in [0, 0.1) is 0 Å².